The molecular formula is C28H33F5N6O3. The second-order valence-electron chi connectivity index (χ2n) is 11.7. The van der Waals surface area contributed by atoms with Gasteiger partial charge in [0, 0.05) is 24.8 Å². The molecule has 2 amide bonds. The molecule has 2 aliphatic carbocycles. The first-order valence-electron chi connectivity index (χ1n) is 14.1. The van der Waals surface area contributed by atoms with Crippen molar-refractivity contribution in [3.63, 3.8) is 0 Å². The number of aromatic nitrogens is 4. The van der Waals surface area contributed by atoms with Gasteiger partial charge in [0.2, 0.25) is 11.8 Å². The van der Waals surface area contributed by atoms with Crippen molar-refractivity contribution in [2.75, 3.05) is 0 Å². The number of hydrogen-bond acceptors (Lipinski definition) is 6. The maximum absolute atomic E-state index is 14.0. The number of hydrogen-bond donors (Lipinski definition) is 2. The number of amides is 2. The number of nitrogens with one attached hydrogen (secondary N) is 2. The van der Waals surface area contributed by atoms with E-state index in [4.69, 9.17) is 4.52 Å². The highest BCUT2D eigenvalue weighted by atomic mass is 19.4. The lowest BCUT2D eigenvalue weighted by atomic mass is 9.81. The molecule has 2 fully saturated rings. The molecule has 0 spiro atoms. The van der Waals surface area contributed by atoms with E-state index in [-0.39, 0.29) is 49.1 Å². The molecule has 3 heterocycles. The van der Waals surface area contributed by atoms with E-state index >= 15 is 0 Å². The molecule has 42 heavy (non-hydrogen) atoms. The van der Waals surface area contributed by atoms with Gasteiger partial charge in [-0.1, -0.05) is 19.0 Å². The van der Waals surface area contributed by atoms with Crippen LogP contribution in [0.25, 0.3) is 5.65 Å². The van der Waals surface area contributed by atoms with Crippen molar-refractivity contribution in [3.8, 4) is 0 Å². The van der Waals surface area contributed by atoms with E-state index in [0.717, 1.165) is 12.8 Å². The Morgan fingerprint density at radius 1 is 1.10 bits per heavy atom. The summed E-state index contributed by atoms with van der Waals surface area (Å²) in [6.07, 6.45) is -0.370. The molecule has 2 aliphatic rings. The first kappa shape index (κ1) is 29.9. The second kappa shape index (κ2) is 11.6. The molecule has 1 unspecified atom stereocenters. The van der Waals surface area contributed by atoms with Gasteiger partial charge in [-0.2, -0.15) is 18.3 Å². The number of rotatable bonds is 10. The smallest absolute Gasteiger partial charge is 0.364 e. The fourth-order valence-corrected chi connectivity index (χ4v) is 5.50. The highest BCUT2D eigenvalue weighted by molar-refractivity contribution is 5.94. The van der Waals surface area contributed by atoms with Crippen LogP contribution in [0.2, 0.25) is 0 Å². The van der Waals surface area contributed by atoms with E-state index in [1.54, 1.807) is 12.3 Å². The summed E-state index contributed by atoms with van der Waals surface area (Å²) in [6.45, 7) is 3.78. The van der Waals surface area contributed by atoms with Gasteiger partial charge in [0.05, 0.1) is 36.6 Å². The highest BCUT2D eigenvalue weighted by Crippen LogP contribution is 2.43. The number of halogens is 5. The molecule has 2 saturated carbocycles. The molecule has 3 aromatic rings. The first-order chi connectivity index (χ1) is 19.8. The number of carbonyl (C=O) groups is 2. The Kier molecular flexibility index (Phi) is 8.26. The molecule has 0 aromatic carbocycles. The summed E-state index contributed by atoms with van der Waals surface area (Å²) < 4.78 is 72.3. The lowest BCUT2D eigenvalue weighted by Crippen LogP contribution is -2.37. The molecule has 2 N–H and O–H groups in total. The Balaban J connectivity index is 1.40. The molecule has 0 aliphatic heterocycles. The summed E-state index contributed by atoms with van der Waals surface area (Å²) in [5, 5.41) is 13.9. The first-order valence-corrected chi connectivity index (χ1v) is 14.1. The number of nitrogens with zero attached hydrogens (tertiary/aromatic N) is 4. The van der Waals surface area contributed by atoms with Gasteiger partial charge in [-0.25, -0.2) is 18.3 Å². The highest BCUT2D eigenvalue weighted by Gasteiger charge is 2.40. The molecule has 228 valence electrons. The van der Waals surface area contributed by atoms with Gasteiger partial charge < -0.3 is 15.2 Å². The standard InChI is InChI=1S/C28H33F5N6O3/c1-15(2)19-14-42-38-25(19)26(41)37-24(17-5-8-27(29,30)9-6-17)20-13-39-21(35-20)11-18(12-34-39)23(16-3-4-16)36-22(40)7-10-28(31,32)33/h11-17,23-24H,3-10H2,1-2H3,(H,36,40)(H,37,41)/t23-,24?/m1/s1. The van der Waals surface area contributed by atoms with Crippen molar-refractivity contribution >= 4 is 17.5 Å². The van der Waals surface area contributed by atoms with Crippen LogP contribution >= 0.6 is 0 Å². The SMILES string of the molecule is CC(C)c1conc1C(=O)NC(c1cn2ncc([C@H](NC(=O)CCC(F)(F)F)C3CC3)cc2n1)C1CCC(F)(F)CC1. The van der Waals surface area contributed by atoms with Crippen LogP contribution < -0.4 is 10.6 Å². The van der Waals surface area contributed by atoms with Gasteiger partial charge in [-0.3, -0.25) is 9.59 Å². The molecule has 14 heteroatoms. The summed E-state index contributed by atoms with van der Waals surface area (Å²) in [5.74, 6) is -4.24. The Labute approximate surface area is 238 Å². The molecule has 0 radical (unpaired) electrons. The zero-order valence-corrected chi connectivity index (χ0v) is 23.3. The normalized spacial score (nSPS) is 19.1. The van der Waals surface area contributed by atoms with E-state index in [0.29, 0.717) is 22.5 Å². The molecule has 0 saturated heterocycles. The van der Waals surface area contributed by atoms with Crippen molar-refractivity contribution in [3.05, 3.63) is 47.2 Å². The van der Waals surface area contributed by atoms with Gasteiger partial charge in [0.25, 0.3) is 5.91 Å². The van der Waals surface area contributed by atoms with Crippen LogP contribution in [0.5, 0.6) is 0 Å². The number of carbonyl (C=O) groups excluding carboxylic acids is 2. The minimum Gasteiger partial charge on any atom is -0.364 e. The van der Waals surface area contributed by atoms with Gasteiger partial charge in [-0.05, 0) is 55.1 Å². The van der Waals surface area contributed by atoms with Crippen LogP contribution in [0.3, 0.4) is 0 Å². The predicted octanol–water partition coefficient (Wildman–Crippen LogP) is 6.05. The van der Waals surface area contributed by atoms with Crippen LogP contribution in [-0.4, -0.2) is 43.7 Å². The third-order valence-corrected chi connectivity index (χ3v) is 8.04. The van der Waals surface area contributed by atoms with Gasteiger partial charge >= 0.3 is 6.18 Å². The average molecular weight is 597 g/mol. The number of imidazole rings is 1. The topological polar surface area (TPSA) is 114 Å². The summed E-state index contributed by atoms with van der Waals surface area (Å²) >= 11 is 0. The predicted molar refractivity (Wildman–Crippen MR) is 140 cm³/mol. The Morgan fingerprint density at radius 3 is 2.43 bits per heavy atom. The van der Waals surface area contributed by atoms with Gasteiger partial charge in [0.15, 0.2) is 11.3 Å². The summed E-state index contributed by atoms with van der Waals surface area (Å²) in [4.78, 5) is 30.3. The third kappa shape index (κ3) is 7.06. The van der Waals surface area contributed by atoms with Gasteiger partial charge in [0.1, 0.15) is 6.26 Å². The maximum Gasteiger partial charge on any atom is 0.389 e. The second-order valence-corrected chi connectivity index (χ2v) is 11.7. The van der Waals surface area contributed by atoms with Gasteiger partial charge in [-0.15, -0.1) is 0 Å². The molecule has 0 bridgehead atoms. The van der Waals surface area contributed by atoms with Crippen molar-refractivity contribution in [2.45, 2.75) is 95.3 Å². The van der Waals surface area contributed by atoms with E-state index in [1.807, 2.05) is 13.8 Å². The zero-order valence-electron chi connectivity index (χ0n) is 23.3. The van der Waals surface area contributed by atoms with Crippen LogP contribution in [0.1, 0.15) is 111 Å². The van der Waals surface area contributed by atoms with Crippen molar-refractivity contribution in [2.24, 2.45) is 11.8 Å². The lowest BCUT2D eigenvalue weighted by molar-refractivity contribution is -0.144. The fraction of sp³-hybridized carbons (Fsp3) is 0.607. The van der Waals surface area contributed by atoms with E-state index in [1.165, 1.54) is 17.0 Å². The molecule has 9 nitrogen and oxygen atoms in total. The summed E-state index contributed by atoms with van der Waals surface area (Å²) in [5.41, 5.74) is 2.15. The van der Waals surface area contributed by atoms with Crippen LogP contribution in [0.4, 0.5) is 22.0 Å². The number of alkyl halides is 5. The summed E-state index contributed by atoms with van der Waals surface area (Å²) in [7, 11) is 0. The monoisotopic (exact) mass is 596 g/mol. The van der Waals surface area contributed by atoms with Crippen molar-refractivity contribution in [1.29, 1.82) is 0 Å². The van der Waals surface area contributed by atoms with E-state index in [9.17, 15) is 31.5 Å². The number of fused-ring (bicyclic) bond motifs is 1. The quantitative estimate of drug-likeness (QED) is 0.276. The fourth-order valence-electron chi connectivity index (χ4n) is 5.50. The lowest BCUT2D eigenvalue weighted by Gasteiger charge is -2.33. The largest absolute Gasteiger partial charge is 0.389 e. The Morgan fingerprint density at radius 2 is 1.79 bits per heavy atom. The maximum atomic E-state index is 14.0. The summed E-state index contributed by atoms with van der Waals surface area (Å²) in [6, 6.07) is 0.476. The van der Waals surface area contributed by atoms with E-state index in [2.05, 4.69) is 25.9 Å². The molecular weight excluding hydrogens is 563 g/mol. The third-order valence-electron chi connectivity index (χ3n) is 8.04. The van der Waals surface area contributed by atoms with Crippen molar-refractivity contribution < 1.29 is 36.1 Å². The Hall–Kier alpha value is -3.58. The minimum atomic E-state index is -4.43. The zero-order chi connectivity index (χ0) is 30.2. The minimum absolute atomic E-state index is 0.0324. The molecule has 5 rings (SSSR count). The average Bonchev–Trinajstić information content (AvgIpc) is 3.47. The van der Waals surface area contributed by atoms with E-state index < -0.39 is 48.8 Å². The Bertz CT molecular complexity index is 1420. The van der Waals surface area contributed by atoms with Crippen LogP contribution in [0.15, 0.2) is 29.2 Å². The van der Waals surface area contributed by atoms with Crippen LogP contribution in [-0.2, 0) is 4.79 Å². The molecule has 2 atom stereocenters. The van der Waals surface area contributed by atoms with Crippen molar-refractivity contribution in [1.82, 2.24) is 30.4 Å². The van der Waals surface area contributed by atoms with Crippen LogP contribution in [0, 0.1) is 11.8 Å². The molecule has 3 aromatic heterocycles.